The summed E-state index contributed by atoms with van der Waals surface area (Å²) in [5, 5.41) is 3.93. The minimum Gasteiger partial charge on any atom is -0.317 e. The van der Waals surface area contributed by atoms with E-state index in [4.69, 9.17) is 0 Å². The molecule has 2 aromatic rings. The van der Waals surface area contributed by atoms with Gasteiger partial charge in [0.1, 0.15) is 4.83 Å². The molecule has 1 saturated heterocycles. The molecule has 0 bridgehead atoms. The van der Waals surface area contributed by atoms with Gasteiger partial charge in [-0.1, -0.05) is 0 Å². The fourth-order valence-corrected chi connectivity index (χ4v) is 3.55. The number of aromatic amines is 1. The van der Waals surface area contributed by atoms with Crippen molar-refractivity contribution < 1.29 is 0 Å². The van der Waals surface area contributed by atoms with Crippen molar-refractivity contribution in [2.24, 2.45) is 5.92 Å². The van der Waals surface area contributed by atoms with Crippen LogP contribution >= 0.6 is 11.3 Å². The lowest BCUT2D eigenvalue weighted by Crippen LogP contribution is -2.39. The van der Waals surface area contributed by atoms with Gasteiger partial charge in [-0.05, 0) is 44.8 Å². The van der Waals surface area contributed by atoms with Crippen molar-refractivity contribution in [2.45, 2.75) is 26.3 Å². The van der Waals surface area contributed by atoms with E-state index >= 15 is 0 Å². The monoisotopic (exact) mass is 279 g/mol. The van der Waals surface area contributed by atoms with Gasteiger partial charge < -0.3 is 5.32 Å². The maximum absolute atomic E-state index is 12.4. The zero-order valence-corrected chi connectivity index (χ0v) is 11.7. The molecule has 2 aromatic heterocycles. The second kappa shape index (κ2) is 4.94. The summed E-state index contributed by atoms with van der Waals surface area (Å²) in [7, 11) is 0. The van der Waals surface area contributed by atoms with E-state index in [9.17, 15) is 9.59 Å². The minimum absolute atomic E-state index is 0.151. The molecule has 1 aliphatic heterocycles. The summed E-state index contributed by atoms with van der Waals surface area (Å²) >= 11 is 1.46. The normalized spacial score (nSPS) is 17.1. The molecule has 2 N–H and O–H groups in total. The van der Waals surface area contributed by atoms with E-state index in [2.05, 4.69) is 10.3 Å². The molecule has 19 heavy (non-hydrogen) atoms. The highest BCUT2D eigenvalue weighted by Gasteiger charge is 2.17. The van der Waals surface area contributed by atoms with E-state index in [1.807, 2.05) is 13.0 Å². The second-order valence-corrected chi connectivity index (χ2v) is 6.40. The molecule has 0 amide bonds. The highest BCUT2D eigenvalue weighted by molar-refractivity contribution is 7.18. The van der Waals surface area contributed by atoms with Gasteiger partial charge in [-0.25, -0.2) is 4.79 Å². The Balaban J connectivity index is 2.02. The van der Waals surface area contributed by atoms with Crippen molar-refractivity contribution in [1.29, 1.82) is 0 Å². The highest BCUT2D eigenvalue weighted by atomic mass is 32.1. The lowest BCUT2D eigenvalue weighted by Gasteiger charge is -2.22. The fraction of sp³-hybridized carbons (Fsp3) is 0.538. The molecule has 0 aromatic carbocycles. The SMILES string of the molecule is Cc1cc2c(=O)n(CC3CCNCC3)c(=O)[nH]c2s1. The van der Waals surface area contributed by atoms with Crippen molar-refractivity contribution in [3.05, 3.63) is 31.8 Å². The second-order valence-electron chi connectivity index (χ2n) is 5.14. The van der Waals surface area contributed by atoms with Crippen LogP contribution in [0.4, 0.5) is 0 Å². The Hall–Kier alpha value is -1.40. The summed E-state index contributed by atoms with van der Waals surface area (Å²) in [6.07, 6.45) is 2.04. The van der Waals surface area contributed by atoms with Crippen molar-refractivity contribution in [3.63, 3.8) is 0 Å². The average molecular weight is 279 g/mol. The number of thiophene rings is 1. The molecule has 3 heterocycles. The predicted octanol–water partition coefficient (Wildman–Crippen LogP) is 1.06. The molecule has 0 saturated carbocycles. The van der Waals surface area contributed by atoms with Crippen LogP contribution < -0.4 is 16.6 Å². The van der Waals surface area contributed by atoms with Gasteiger partial charge in [-0.15, -0.1) is 11.3 Å². The molecule has 102 valence electrons. The van der Waals surface area contributed by atoms with Crippen LogP contribution in [-0.2, 0) is 6.54 Å². The Bertz CT molecular complexity index is 707. The third kappa shape index (κ3) is 2.37. The smallest absolute Gasteiger partial charge is 0.317 e. The van der Waals surface area contributed by atoms with Crippen LogP contribution in [0.25, 0.3) is 10.2 Å². The predicted molar refractivity (Wildman–Crippen MR) is 77.0 cm³/mol. The molecule has 6 heteroatoms. The van der Waals surface area contributed by atoms with Gasteiger partial charge in [-0.3, -0.25) is 14.3 Å². The zero-order chi connectivity index (χ0) is 13.4. The summed E-state index contributed by atoms with van der Waals surface area (Å²) in [6.45, 7) is 4.41. The van der Waals surface area contributed by atoms with Gasteiger partial charge >= 0.3 is 5.69 Å². The fourth-order valence-electron chi connectivity index (χ4n) is 2.66. The maximum Gasteiger partial charge on any atom is 0.329 e. The highest BCUT2D eigenvalue weighted by Crippen LogP contribution is 2.19. The van der Waals surface area contributed by atoms with Crippen molar-refractivity contribution in [3.8, 4) is 0 Å². The van der Waals surface area contributed by atoms with Crippen LogP contribution in [-0.4, -0.2) is 22.6 Å². The van der Waals surface area contributed by atoms with E-state index in [1.54, 1.807) is 0 Å². The Morgan fingerprint density at radius 1 is 1.37 bits per heavy atom. The first kappa shape index (κ1) is 12.6. The molecule has 0 atom stereocenters. The number of hydrogen-bond acceptors (Lipinski definition) is 4. The van der Waals surface area contributed by atoms with Crippen molar-refractivity contribution >= 4 is 21.6 Å². The van der Waals surface area contributed by atoms with E-state index in [1.165, 1.54) is 15.9 Å². The van der Waals surface area contributed by atoms with Crippen LogP contribution in [0.3, 0.4) is 0 Å². The third-order valence-corrected chi connectivity index (χ3v) is 4.66. The summed E-state index contributed by atoms with van der Waals surface area (Å²) in [6, 6.07) is 1.86. The Labute approximate surface area is 114 Å². The molecule has 0 radical (unpaired) electrons. The maximum atomic E-state index is 12.4. The van der Waals surface area contributed by atoms with Crippen LogP contribution in [0.2, 0.25) is 0 Å². The number of aromatic nitrogens is 2. The first-order valence-corrected chi connectivity index (χ1v) is 7.41. The largest absolute Gasteiger partial charge is 0.329 e. The van der Waals surface area contributed by atoms with Crippen LogP contribution in [0, 0.1) is 12.8 Å². The summed E-state index contributed by atoms with van der Waals surface area (Å²) in [4.78, 5) is 29.0. The number of hydrogen-bond donors (Lipinski definition) is 2. The van der Waals surface area contributed by atoms with Crippen molar-refractivity contribution in [1.82, 2.24) is 14.9 Å². The number of fused-ring (bicyclic) bond motifs is 1. The Morgan fingerprint density at radius 2 is 2.11 bits per heavy atom. The first-order chi connectivity index (χ1) is 9.15. The van der Waals surface area contributed by atoms with E-state index in [0.29, 0.717) is 22.7 Å². The number of H-pyrrole nitrogens is 1. The zero-order valence-electron chi connectivity index (χ0n) is 10.9. The standard InChI is InChI=1S/C13H17N3O2S/c1-8-6-10-11(19-8)15-13(18)16(12(10)17)7-9-2-4-14-5-3-9/h6,9,14H,2-5,7H2,1H3,(H,15,18). The van der Waals surface area contributed by atoms with Gasteiger partial charge in [0, 0.05) is 11.4 Å². The molecule has 0 unspecified atom stereocenters. The van der Waals surface area contributed by atoms with Crippen LogP contribution in [0.1, 0.15) is 17.7 Å². The van der Waals surface area contributed by atoms with Crippen LogP contribution in [0.15, 0.2) is 15.7 Å². The molecule has 1 aliphatic rings. The molecule has 1 fully saturated rings. The van der Waals surface area contributed by atoms with Gasteiger partial charge in [0.15, 0.2) is 0 Å². The number of nitrogens with zero attached hydrogens (tertiary/aromatic N) is 1. The topological polar surface area (TPSA) is 66.9 Å². The van der Waals surface area contributed by atoms with Crippen LogP contribution in [0.5, 0.6) is 0 Å². The Kier molecular flexibility index (Phi) is 3.28. The molecule has 0 spiro atoms. The third-order valence-electron chi connectivity index (χ3n) is 3.70. The van der Waals surface area contributed by atoms with E-state index in [0.717, 1.165) is 30.8 Å². The number of nitrogens with one attached hydrogen (secondary N) is 2. The molecular weight excluding hydrogens is 262 g/mol. The molecular formula is C13H17N3O2S. The van der Waals surface area contributed by atoms with E-state index < -0.39 is 0 Å². The number of aryl methyl sites for hydroxylation is 1. The first-order valence-electron chi connectivity index (χ1n) is 6.59. The molecule has 5 nitrogen and oxygen atoms in total. The minimum atomic E-state index is -0.280. The van der Waals surface area contributed by atoms with Crippen molar-refractivity contribution in [2.75, 3.05) is 13.1 Å². The number of rotatable bonds is 2. The van der Waals surface area contributed by atoms with Gasteiger partial charge in [0.05, 0.1) is 5.39 Å². The summed E-state index contributed by atoms with van der Waals surface area (Å²) < 4.78 is 1.37. The summed E-state index contributed by atoms with van der Waals surface area (Å²) in [5.41, 5.74) is -0.431. The van der Waals surface area contributed by atoms with E-state index in [-0.39, 0.29) is 11.2 Å². The number of piperidine rings is 1. The lowest BCUT2D eigenvalue weighted by atomic mass is 9.98. The average Bonchev–Trinajstić information content (AvgIpc) is 2.76. The van der Waals surface area contributed by atoms with Gasteiger partial charge in [0.2, 0.25) is 0 Å². The molecule has 3 rings (SSSR count). The lowest BCUT2D eigenvalue weighted by molar-refractivity contribution is 0.326. The summed E-state index contributed by atoms with van der Waals surface area (Å²) in [5.74, 6) is 0.414. The quantitative estimate of drug-likeness (QED) is 0.864. The Morgan fingerprint density at radius 3 is 2.84 bits per heavy atom. The van der Waals surface area contributed by atoms with Gasteiger partial charge in [0.25, 0.3) is 5.56 Å². The van der Waals surface area contributed by atoms with Gasteiger partial charge in [-0.2, -0.15) is 0 Å². The molecule has 0 aliphatic carbocycles.